The molecule has 1 heterocycles. The van der Waals surface area contributed by atoms with E-state index in [1.807, 2.05) is 68.4 Å². The van der Waals surface area contributed by atoms with Gasteiger partial charge in [0, 0.05) is 21.5 Å². The number of halogens is 1. The fraction of sp³-hybridized carbons (Fsp3) is 0.241. The lowest BCUT2D eigenvalue weighted by atomic mass is 10.1. The van der Waals surface area contributed by atoms with E-state index in [1.54, 1.807) is 25.4 Å². The number of carboxylic acids is 1. The molecule has 0 spiro atoms. The van der Waals surface area contributed by atoms with E-state index in [1.165, 1.54) is 11.8 Å². The maximum absolute atomic E-state index is 12.1. The van der Waals surface area contributed by atoms with Crippen molar-refractivity contribution in [2.75, 3.05) is 7.11 Å². The van der Waals surface area contributed by atoms with Crippen molar-refractivity contribution in [2.24, 2.45) is 0 Å². The average molecular weight is 538 g/mol. The molecule has 3 aromatic carbocycles. The first-order valence-corrected chi connectivity index (χ1v) is 13.1. The summed E-state index contributed by atoms with van der Waals surface area (Å²) in [5, 5.41) is 10.6. The summed E-state index contributed by atoms with van der Waals surface area (Å²) in [6, 6.07) is 20.3. The molecule has 1 aromatic heterocycles. The molecule has 0 radical (unpaired) electrons. The Morgan fingerprint density at radius 2 is 1.81 bits per heavy atom. The van der Waals surface area contributed by atoms with Gasteiger partial charge in [0.15, 0.2) is 0 Å². The zero-order chi connectivity index (χ0) is 26.4. The van der Waals surface area contributed by atoms with Gasteiger partial charge in [-0.3, -0.25) is 9.78 Å². The van der Waals surface area contributed by atoms with Crippen molar-refractivity contribution in [3.8, 4) is 17.2 Å². The molecule has 4 aromatic rings. The molecule has 0 bridgehead atoms. The number of thioether (sulfide) groups is 1. The fourth-order valence-corrected chi connectivity index (χ4v) is 4.93. The van der Waals surface area contributed by atoms with Crippen molar-refractivity contribution < 1.29 is 24.1 Å². The topological polar surface area (TPSA) is 77.9 Å². The Balaban J connectivity index is 1.58. The number of aromatic nitrogens is 1. The number of nitrogens with zero attached hydrogens (tertiary/aromatic N) is 1. The lowest BCUT2D eigenvalue weighted by Crippen LogP contribution is -2.19. The summed E-state index contributed by atoms with van der Waals surface area (Å²) < 4.78 is 17.8. The van der Waals surface area contributed by atoms with Crippen LogP contribution >= 0.6 is 23.4 Å². The Labute approximate surface area is 225 Å². The van der Waals surface area contributed by atoms with Crippen molar-refractivity contribution in [1.82, 2.24) is 4.98 Å². The van der Waals surface area contributed by atoms with Crippen molar-refractivity contribution in [1.29, 1.82) is 0 Å². The van der Waals surface area contributed by atoms with Crippen LogP contribution in [0.1, 0.15) is 25.0 Å². The molecule has 8 heteroatoms. The Kier molecular flexibility index (Phi) is 8.79. The first-order chi connectivity index (χ1) is 17.8. The van der Waals surface area contributed by atoms with Crippen LogP contribution < -0.4 is 14.2 Å². The summed E-state index contributed by atoms with van der Waals surface area (Å²) >= 11 is 7.25. The lowest BCUT2D eigenvalue weighted by Gasteiger charge is -2.19. The standard InChI is InChI=1S/C29H28ClNO5S/c1-18(2)36-28-20(16-31-25-13-10-22(34-3)15-24(25)28)17-35-26-7-5-4-6-19(26)14-27(29(32)33)37-23-11-8-21(30)9-12-23/h4-13,15-16,18,27H,14,17H2,1-3H3,(H,32,33). The largest absolute Gasteiger partial charge is 0.497 e. The van der Waals surface area contributed by atoms with Gasteiger partial charge in [-0.2, -0.15) is 0 Å². The molecular formula is C29H28ClNO5S. The third-order valence-electron chi connectivity index (χ3n) is 5.58. The highest BCUT2D eigenvalue weighted by Crippen LogP contribution is 2.34. The summed E-state index contributed by atoms with van der Waals surface area (Å²) in [5.41, 5.74) is 2.39. The second kappa shape index (κ2) is 12.2. The number of carboxylic acid groups (broad SMARTS) is 1. The third kappa shape index (κ3) is 6.87. The highest BCUT2D eigenvalue weighted by molar-refractivity contribution is 8.00. The minimum Gasteiger partial charge on any atom is -0.497 e. The van der Waals surface area contributed by atoms with Gasteiger partial charge >= 0.3 is 5.97 Å². The minimum absolute atomic E-state index is 0.0518. The molecule has 1 unspecified atom stereocenters. The normalized spacial score (nSPS) is 11.9. The van der Waals surface area contributed by atoms with Crippen LogP contribution in [0.2, 0.25) is 5.02 Å². The molecule has 0 aliphatic heterocycles. The number of aliphatic carboxylic acids is 1. The molecule has 0 fully saturated rings. The predicted molar refractivity (Wildman–Crippen MR) is 147 cm³/mol. The van der Waals surface area contributed by atoms with E-state index < -0.39 is 11.2 Å². The second-order valence-electron chi connectivity index (χ2n) is 8.66. The van der Waals surface area contributed by atoms with Crippen LogP contribution in [0.15, 0.2) is 77.8 Å². The van der Waals surface area contributed by atoms with Gasteiger partial charge in [0.25, 0.3) is 0 Å². The van der Waals surface area contributed by atoms with Crippen LogP contribution in [0.25, 0.3) is 10.9 Å². The van der Waals surface area contributed by atoms with Crippen molar-refractivity contribution in [3.63, 3.8) is 0 Å². The summed E-state index contributed by atoms with van der Waals surface area (Å²) in [6.07, 6.45) is 2.00. The van der Waals surface area contributed by atoms with Crippen LogP contribution in [-0.2, 0) is 17.8 Å². The van der Waals surface area contributed by atoms with Crippen LogP contribution in [0.4, 0.5) is 0 Å². The molecule has 4 rings (SSSR count). The number of hydrogen-bond acceptors (Lipinski definition) is 6. The Hall–Kier alpha value is -3.42. The predicted octanol–water partition coefficient (Wildman–Crippen LogP) is 7.05. The van der Waals surface area contributed by atoms with Gasteiger partial charge in [0.05, 0.1) is 24.3 Å². The van der Waals surface area contributed by atoms with Gasteiger partial charge in [-0.1, -0.05) is 29.8 Å². The number of carbonyl (C=O) groups is 1. The van der Waals surface area contributed by atoms with E-state index in [4.69, 9.17) is 25.8 Å². The Morgan fingerprint density at radius 3 is 2.51 bits per heavy atom. The van der Waals surface area contributed by atoms with Gasteiger partial charge in [-0.15, -0.1) is 11.8 Å². The molecule has 0 aliphatic rings. The highest BCUT2D eigenvalue weighted by atomic mass is 35.5. The first kappa shape index (κ1) is 26.6. The van der Waals surface area contributed by atoms with E-state index in [0.29, 0.717) is 28.7 Å². The molecule has 192 valence electrons. The number of para-hydroxylation sites is 1. The minimum atomic E-state index is -0.893. The van der Waals surface area contributed by atoms with Crippen molar-refractivity contribution in [3.05, 3.63) is 89.1 Å². The van der Waals surface area contributed by atoms with Crippen LogP contribution in [-0.4, -0.2) is 34.5 Å². The third-order valence-corrected chi connectivity index (χ3v) is 7.03. The van der Waals surface area contributed by atoms with E-state index in [0.717, 1.165) is 26.9 Å². The molecule has 6 nitrogen and oxygen atoms in total. The van der Waals surface area contributed by atoms with E-state index in [2.05, 4.69) is 4.98 Å². The molecular weight excluding hydrogens is 510 g/mol. The average Bonchev–Trinajstić information content (AvgIpc) is 2.89. The maximum atomic E-state index is 12.1. The molecule has 37 heavy (non-hydrogen) atoms. The number of methoxy groups -OCH3 is 1. The second-order valence-corrected chi connectivity index (χ2v) is 10.4. The lowest BCUT2D eigenvalue weighted by molar-refractivity contribution is -0.136. The van der Waals surface area contributed by atoms with Crippen molar-refractivity contribution in [2.45, 2.75) is 43.1 Å². The molecule has 1 atom stereocenters. The monoisotopic (exact) mass is 537 g/mol. The van der Waals surface area contributed by atoms with Crippen molar-refractivity contribution >= 4 is 40.2 Å². The van der Waals surface area contributed by atoms with Crippen LogP contribution in [0.5, 0.6) is 17.2 Å². The molecule has 1 N–H and O–H groups in total. The van der Waals surface area contributed by atoms with E-state index >= 15 is 0 Å². The van der Waals surface area contributed by atoms with Gasteiger partial charge in [0.2, 0.25) is 0 Å². The summed E-state index contributed by atoms with van der Waals surface area (Å²) in [4.78, 5) is 17.5. The SMILES string of the molecule is COc1ccc2ncc(COc3ccccc3CC(Sc3ccc(Cl)cc3)C(=O)O)c(OC(C)C)c2c1. The van der Waals surface area contributed by atoms with Crippen LogP contribution in [0, 0.1) is 0 Å². The number of pyridine rings is 1. The van der Waals surface area contributed by atoms with Gasteiger partial charge in [0.1, 0.15) is 29.1 Å². The summed E-state index contributed by atoms with van der Waals surface area (Å²) in [5.74, 6) is 1.13. The molecule has 0 amide bonds. The van der Waals surface area contributed by atoms with Gasteiger partial charge in [-0.25, -0.2) is 0 Å². The highest BCUT2D eigenvalue weighted by Gasteiger charge is 2.22. The molecule has 0 saturated heterocycles. The first-order valence-electron chi connectivity index (χ1n) is 11.8. The van der Waals surface area contributed by atoms with Gasteiger partial charge in [-0.05, 0) is 74.4 Å². The Morgan fingerprint density at radius 1 is 1.05 bits per heavy atom. The number of hydrogen-bond donors (Lipinski definition) is 1. The Bertz CT molecular complexity index is 1380. The zero-order valence-corrected chi connectivity index (χ0v) is 22.4. The number of rotatable bonds is 11. The van der Waals surface area contributed by atoms with E-state index in [9.17, 15) is 9.90 Å². The number of fused-ring (bicyclic) bond motifs is 1. The van der Waals surface area contributed by atoms with Gasteiger partial charge < -0.3 is 19.3 Å². The summed E-state index contributed by atoms with van der Waals surface area (Å²) in [7, 11) is 1.62. The number of ether oxygens (including phenoxy) is 3. The fourth-order valence-electron chi connectivity index (χ4n) is 3.82. The van der Waals surface area contributed by atoms with E-state index in [-0.39, 0.29) is 12.7 Å². The maximum Gasteiger partial charge on any atom is 0.317 e. The quantitative estimate of drug-likeness (QED) is 0.205. The van der Waals surface area contributed by atoms with Crippen LogP contribution in [0.3, 0.4) is 0 Å². The molecule has 0 saturated carbocycles. The number of benzene rings is 3. The zero-order valence-electron chi connectivity index (χ0n) is 20.8. The smallest absolute Gasteiger partial charge is 0.317 e. The molecule has 0 aliphatic carbocycles. The summed E-state index contributed by atoms with van der Waals surface area (Å²) in [6.45, 7) is 4.15.